The summed E-state index contributed by atoms with van der Waals surface area (Å²) in [5.41, 5.74) is 2.98. The molecule has 3 saturated heterocycles. The molecule has 3 heterocycles. The maximum absolute atomic E-state index is 12.1. The molecule has 14 heteroatoms. The maximum Gasteiger partial charge on any atom is 0.329 e. The SMILES string of the molecule is C.CC(C)C(=O)Cl.CC(C)C(=O)N1CCC[C@H]1C(=O)OCc1ccccc1.Cl.Cl.O=C(Cc1ccccc1)[C@@H]1CCCN1[O-].O=C(OCc1ccccc1)[C@@H]1CCCN1.[H-]. The molecule has 0 saturated carbocycles. The highest BCUT2D eigenvalue weighted by molar-refractivity contribution is 6.63. The number of hydrogen-bond donors (Lipinski definition) is 1. The zero-order valence-electron chi connectivity index (χ0n) is 34.9. The van der Waals surface area contributed by atoms with Crippen molar-refractivity contribution in [1.82, 2.24) is 15.3 Å². The zero-order chi connectivity index (χ0) is 40.9. The van der Waals surface area contributed by atoms with Crippen LogP contribution in [0.3, 0.4) is 0 Å². The molecule has 3 aliphatic rings. The standard InChI is InChI=1S/C16H21NO3.C12H15NO2.C12H14NO2.C4H7ClO.CH4.2ClH.H/c1-12(2)15(18)17-10-6-9-14(17)16(19)20-11-13-7-4-3-5-8-13;14-12(11-7-4-8-13-11)15-9-10-5-2-1-3-6-10;14-12(11-7-4-8-13(11)15)9-10-5-2-1-3-6-10;1-3(2)4(5)6;;;;/h3-5,7-8,12,14H,6,9-11H2,1-2H3;1-3,5-6,11,13H,4,7-9H2;1-3,5-6,11H,4,7-9H2;3H,1-2H3;1H4;2*1H;/q;;-1;;;;;-1/t14-;2*11-;;;;;/m000...../s1. The van der Waals surface area contributed by atoms with Crippen molar-refractivity contribution < 1.29 is 34.9 Å². The monoisotopic (exact) mass is 879 g/mol. The van der Waals surface area contributed by atoms with Gasteiger partial charge in [-0.3, -0.25) is 19.2 Å². The van der Waals surface area contributed by atoms with Crippen molar-refractivity contribution in [3.63, 3.8) is 0 Å². The van der Waals surface area contributed by atoms with Crippen LogP contribution in [0.5, 0.6) is 0 Å². The van der Waals surface area contributed by atoms with Gasteiger partial charge in [-0.1, -0.05) is 126 Å². The van der Waals surface area contributed by atoms with Gasteiger partial charge in [-0.15, -0.1) is 24.8 Å². The normalized spacial score (nSPS) is 17.8. The summed E-state index contributed by atoms with van der Waals surface area (Å²) in [6.07, 6.45) is 5.46. The van der Waals surface area contributed by atoms with Gasteiger partial charge in [0.25, 0.3) is 0 Å². The fourth-order valence-corrected chi connectivity index (χ4v) is 6.12. The van der Waals surface area contributed by atoms with Gasteiger partial charge in [0.15, 0.2) is 5.78 Å². The Kier molecular flexibility index (Phi) is 28.3. The van der Waals surface area contributed by atoms with Gasteiger partial charge in [-0.05, 0) is 79.9 Å². The highest BCUT2D eigenvalue weighted by atomic mass is 35.5. The average Bonchev–Trinajstić information content (AvgIpc) is 4.01. The van der Waals surface area contributed by atoms with Crippen LogP contribution in [0.15, 0.2) is 91.0 Å². The van der Waals surface area contributed by atoms with Crippen LogP contribution in [-0.4, -0.2) is 76.6 Å². The first kappa shape index (κ1) is 55.2. The molecule has 59 heavy (non-hydrogen) atoms. The van der Waals surface area contributed by atoms with Crippen molar-refractivity contribution in [1.29, 1.82) is 0 Å². The van der Waals surface area contributed by atoms with Crippen molar-refractivity contribution in [2.24, 2.45) is 11.8 Å². The number of benzene rings is 3. The first-order valence-corrected chi connectivity index (χ1v) is 19.9. The lowest BCUT2D eigenvalue weighted by Crippen LogP contribution is -2.43. The van der Waals surface area contributed by atoms with E-state index >= 15 is 0 Å². The van der Waals surface area contributed by atoms with Gasteiger partial charge < -0.3 is 31.4 Å². The smallest absolute Gasteiger partial charge is 0.329 e. The number of hydrogen-bond acceptors (Lipinski definition) is 10. The highest BCUT2D eigenvalue weighted by Gasteiger charge is 2.36. The predicted octanol–water partition coefficient (Wildman–Crippen LogP) is 8.62. The number of ether oxygens (including phenoxy) is 2. The van der Waals surface area contributed by atoms with Crippen molar-refractivity contribution in [2.45, 2.75) is 111 Å². The largest absolute Gasteiger partial charge is 1.00 e. The molecule has 0 radical (unpaired) electrons. The van der Waals surface area contributed by atoms with E-state index in [0.717, 1.165) is 60.4 Å². The summed E-state index contributed by atoms with van der Waals surface area (Å²) < 4.78 is 10.5. The minimum absolute atomic E-state index is 0. The first-order chi connectivity index (χ1) is 26.9. The van der Waals surface area contributed by atoms with Crippen molar-refractivity contribution in [2.75, 3.05) is 19.6 Å². The van der Waals surface area contributed by atoms with Gasteiger partial charge in [-0.25, -0.2) is 4.79 Å². The van der Waals surface area contributed by atoms with Crippen LogP contribution in [0.25, 0.3) is 0 Å². The Hall–Kier alpha value is -3.84. The van der Waals surface area contributed by atoms with Gasteiger partial charge >= 0.3 is 11.9 Å². The second-order valence-electron chi connectivity index (χ2n) is 14.6. The van der Waals surface area contributed by atoms with E-state index in [0.29, 0.717) is 32.5 Å². The van der Waals surface area contributed by atoms with E-state index in [-0.39, 0.29) is 87.0 Å². The van der Waals surface area contributed by atoms with Crippen molar-refractivity contribution >= 4 is 65.3 Å². The summed E-state index contributed by atoms with van der Waals surface area (Å²) in [7, 11) is 0. The van der Waals surface area contributed by atoms with Crippen LogP contribution in [0.1, 0.15) is 91.8 Å². The van der Waals surface area contributed by atoms with E-state index in [1.165, 1.54) is 0 Å². The highest BCUT2D eigenvalue weighted by Crippen LogP contribution is 2.22. The molecule has 1 amide bonds. The molecule has 0 bridgehead atoms. The summed E-state index contributed by atoms with van der Waals surface area (Å²) in [6, 6.07) is 28.0. The fourth-order valence-electron chi connectivity index (χ4n) is 6.12. The quantitative estimate of drug-likeness (QED) is 0.147. The summed E-state index contributed by atoms with van der Waals surface area (Å²) in [4.78, 5) is 59.1. The lowest BCUT2D eigenvalue weighted by atomic mass is 10.0. The number of rotatable bonds is 11. The Morgan fingerprint density at radius 3 is 1.58 bits per heavy atom. The lowest BCUT2D eigenvalue weighted by molar-refractivity contribution is -0.155. The Bertz CT molecular complexity index is 1650. The third-order valence-corrected chi connectivity index (χ3v) is 9.78. The molecule has 3 aromatic rings. The number of nitrogens with zero attached hydrogens (tertiary/aromatic N) is 2. The van der Waals surface area contributed by atoms with Crippen LogP contribution in [0, 0.1) is 17.0 Å². The minimum atomic E-state index is -0.409. The molecule has 0 aromatic heterocycles. The molecular formula is C45H64Cl3N3O8-2. The number of carbonyl (C=O) groups is 5. The number of likely N-dealkylation sites (tertiary alicyclic amines) is 1. The van der Waals surface area contributed by atoms with E-state index in [1.807, 2.05) is 105 Å². The third-order valence-electron chi connectivity index (χ3n) is 9.34. The molecule has 3 aromatic carbocycles. The van der Waals surface area contributed by atoms with Crippen LogP contribution < -0.4 is 5.32 Å². The topological polar surface area (TPSA) is 145 Å². The van der Waals surface area contributed by atoms with Crippen LogP contribution in [0.2, 0.25) is 0 Å². The zero-order valence-corrected chi connectivity index (χ0v) is 36.3. The van der Waals surface area contributed by atoms with Crippen molar-refractivity contribution in [3.8, 4) is 0 Å². The third kappa shape index (κ3) is 20.3. The van der Waals surface area contributed by atoms with Crippen LogP contribution >= 0.6 is 36.4 Å². The van der Waals surface area contributed by atoms with Gasteiger partial charge in [0.05, 0.1) is 6.04 Å². The number of halogens is 3. The molecule has 11 nitrogen and oxygen atoms in total. The molecule has 1 N–H and O–H groups in total. The molecule has 3 aliphatic heterocycles. The van der Waals surface area contributed by atoms with E-state index in [2.05, 4.69) is 5.32 Å². The van der Waals surface area contributed by atoms with Crippen LogP contribution in [0.4, 0.5) is 0 Å². The van der Waals surface area contributed by atoms with Crippen LogP contribution in [-0.2, 0) is 53.1 Å². The maximum atomic E-state index is 12.1. The lowest BCUT2D eigenvalue weighted by Gasteiger charge is -2.28. The number of amides is 1. The second kappa shape index (κ2) is 30.2. The number of esters is 2. The van der Waals surface area contributed by atoms with Gasteiger partial charge in [0.1, 0.15) is 25.3 Å². The Morgan fingerprint density at radius 1 is 0.695 bits per heavy atom. The van der Waals surface area contributed by atoms with E-state index in [9.17, 15) is 29.2 Å². The summed E-state index contributed by atoms with van der Waals surface area (Å²) in [6.45, 7) is 9.95. The average molecular weight is 881 g/mol. The number of ketones is 1. The Labute approximate surface area is 369 Å². The fraction of sp³-hybridized carbons (Fsp3) is 0.489. The summed E-state index contributed by atoms with van der Waals surface area (Å²) in [5.74, 6) is -0.446. The van der Waals surface area contributed by atoms with Gasteiger partial charge in [0.2, 0.25) is 11.1 Å². The summed E-state index contributed by atoms with van der Waals surface area (Å²) in [5, 5.41) is 15.1. The number of hydroxylamine groups is 2. The predicted molar refractivity (Wildman–Crippen MR) is 239 cm³/mol. The minimum Gasteiger partial charge on any atom is -1.00 e. The molecule has 3 atom stereocenters. The number of nitrogens with one attached hydrogen (secondary N) is 1. The molecule has 6 rings (SSSR count). The molecule has 0 aliphatic carbocycles. The number of carbonyl (C=O) groups excluding carboxylic acids is 5. The van der Waals surface area contributed by atoms with Gasteiger partial charge in [-0.2, -0.15) is 0 Å². The summed E-state index contributed by atoms with van der Waals surface area (Å²) >= 11 is 4.97. The van der Waals surface area contributed by atoms with Crippen molar-refractivity contribution in [3.05, 3.63) is 113 Å². The molecule has 0 unspecified atom stereocenters. The van der Waals surface area contributed by atoms with E-state index in [1.54, 1.807) is 18.7 Å². The number of Topliss-reactive ketones (excluding diaryl/α,β-unsaturated/α-hetero) is 1. The molecular weight excluding hydrogens is 817 g/mol. The van der Waals surface area contributed by atoms with E-state index in [4.69, 9.17) is 21.1 Å². The molecule has 0 spiro atoms. The second-order valence-corrected chi connectivity index (χ2v) is 14.9. The van der Waals surface area contributed by atoms with E-state index < -0.39 is 12.1 Å². The van der Waals surface area contributed by atoms with Gasteiger partial charge in [0, 0.05) is 24.8 Å². The Balaban J connectivity index is 0. The Morgan fingerprint density at radius 2 is 1.15 bits per heavy atom. The molecule has 330 valence electrons. The molecule has 3 fully saturated rings. The first-order valence-electron chi connectivity index (χ1n) is 19.5.